The van der Waals surface area contributed by atoms with E-state index in [9.17, 15) is 9.59 Å². The molecule has 0 aromatic heterocycles. The minimum atomic E-state index is -0.359. The van der Waals surface area contributed by atoms with Crippen LogP contribution in [0.15, 0.2) is 54.6 Å². The molecule has 2 aromatic rings. The number of rotatable bonds is 8. The van der Waals surface area contributed by atoms with Gasteiger partial charge in [-0.2, -0.15) is 0 Å². The third-order valence-corrected chi connectivity index (χ3v) is 8.98. The lowest BCUT2D eigenvalue weighted by atomic mass is 9.82. The van der Waals surface area contributed by atoms with E-state index in [1.807, 2.05) is 0 Å². The van der Waals surface area contributed by atoms with Crippen LogP contribution in [0.1, 0.15) is 70.0 Å². The highest BCUT2D eigenvalue weighted by atomic mass is 16.5. The zero-order chi connectivity index (χ0) is 28.3. The molecule has 0 spiro atoms. The van der Waals surface area contributed by atoms with Gasteiger partial charge in [0.05, 0.1) is 12.6 Å². The molecule has 2 aliphatic heterocycles. The first-order valence-corrected chi connectivity index (χ1v) is 15.0. The number of nitrogens with zero attached hydrogens (tertiary/aromatic N) is 3. The molecule has 7 heteroatoms. The zero-order valence-electron chi connectivity index (χ0n) is 24.4. The quantitative estimate of drug-likeness (QED) is 0.487. The second kappa shape index (κ2) is 12.2. The molecule has 5 rings (SSSR count). The van der Waals surface area contributed by atoms with Gasteiger partial charge in [0.1, 0.15) is 5.75 Å². The van der Waals surface area contributed by atoms with Crippen LogP contribution in [-0.4, -0.2) is 72.0 Å². The van der Waals surface area contributed by atoms with Crippen molar-refractivity contribution in [3.05, 3.63) is 65.7 Å². The third-order valence-electron chi connectivity index (χ3n) is 8.98. The second-order valence-electron chi connectivity index (χ2n) is 13.1. The van der Waals surface area contributed by atoms with E-state index in [4.69, 9.17) is 10.5 Å². The molecular weight excluding hydrogens is 500 g/mol. The highest BCUT2D eigenvalue weighted by Gasteiger charge is 2.40. The Morgan fingerprint density at radius 2 is 1.52 bits per heavy atom. The molecule has 2 saturated heterocycles. The number of urea groups is 1. The molecule has 216 valence electrons. The molecular formula is C33H46N4O3. The Hall–Kier alpha value is -3.06. The van der Waals surface area contributed by atoms with E-state index in [0.29, 0.717) is 32.0 Å². The number of nitrogens with two attached hydrogens (primary N) is 1. The van der Waals surface area contributed by atoms with E-state index in [-0.39, 0.29) is 29.4 Å². The number of primary amides is 1. The van der Waals surface area contributed by atoms with E-state index in [0.717, 1.165) is 44.2 Å². The number of hydrogen-bond donors (Lipinski definition) is 1. The molecule has 1 aliphatic carbocycles. The highest BCUT2D eigenvalue weighted by Crippen LogP contribution is 2.37. The SMILES string of the molecule is CC(C)(C)[C@H]1CN(C(c2ccccc2)c2ccc(OCC3CC3)cc2)CCN1C(=O)CC1CCN(C(N)=O)CC1. The van der Waals surface area contributed by atoms with Gasteiger partial charge in [-0.15, -0.1) is 0 Å². The average Bonchev–Trinajstić information content (AvgIpc) is 3.78. The summed E-state index contributed by atoms with van der Waals surface area (Å²) in [7, 11) is 0. The lowest BCUT2D eigenvalue weighted by Crippen LogP contribution is -2.60. The summed E-state index contributed by atoms with van der Waals surface area (Å²) >= 11 is 0. The Kier molecular flexibility index (Phi) is 8.69. The van der Waals surface area contributed by atoms with Crippen LogP contribution in [0.2, 0.25) is 0 Å². The molecule has 0 radical (unpaired) electrons. The van der Waals surface area contributed by atoms with Crippen molar-refractivity contribution in [2.75, 3.05) is 39.3 Å². The fourth-order valence-electron chi connectivity index (χ4n) is 6.29. The van der Waals surface area contributed by atoms with Gasteiger partial charge in [-0.25, -0.2) is 4.79 Å². The lowest BCUT2D eigenvalue weighted by Gasteiger charge is -2.50. The van der Waals surface area contributed by atoms with Crippen molar-refractivity contribution >= 4 is 11.9 Å². The molecule has 1 saturated carbocycles. The van der Waals surface area contributed by atoms with E-state index in [1.54, 1.807) is 4.90 Å². The van der Waals surface area contributed by atoms with Crippen LogP contribution in [0.3, 0.4) is 0 Å². The number of amides is 3. The minimum Gasteiger partial charge on any atom is -0.493 e. The Balaban J connectivity index is 1.31. The van der Waals surface area contributed by atoms with Gasteiger partial charge in [-0.3, -0.25) is 9.69 Å². The number of piperazine rings is 1. The molecule has 3 aliphatic rings. The van der Waals surface area contributed by atoms with Crippen LogP contribution < -0.4 is 10.5 Å². The number of benzene rings is 2. The van der Waals surface area contributed by atoms with Gasteiger partial charge in [0.2, 0.25) is 5.91 Å². The van der Waals surface area contributed by atoms with Crippen LogP contribution in [0, 0.1) is 17.3 Å². The van der Waals surface area contributed by atoms with E-state index >= 15 is 0 Å². The molecule has 2 heterocycles. The predicted molar refractivity (Wildman–Crippen MR) is 158 cm³/mol. The fourth-order valence-corrected chi connectivity index (χ4v) is 6.29. The monoisotopic (exact) mass is 546 g/mol. The predicted octanol–water partition coefficient (Wildman–Crippen LogP) is 5.30. The van der Waals surface area contributed by atoms with Gasteiger partial charge < -0.3 is 20.3 Å². The number of carbonyl (C=O) groups is 2. The van der Waals surface area contributed by atoms with E-state index in [1.165, 1.54) is 24.0 Å². The summed E-state index contributed by atoms with van der Waals surface area (Å²) in [6.45, 7) is 11.2. The largest absolute Gasteiger partial charge is 0.493 e. The maximum atomic E-state index is 13.7. The maximum absolute atomic E-state index is 13.7. The maximum Gasteiger partial charge on any atom is 0.314 e. The zero-order valence-corrected chi connectivity index (χ0v) is 24.4. The summed E-state index contributed by atoms with van der Waals surface area (Å²) in [5.74, 6) is 2.21. The Morgan fingerprint density at radius 3 is 2.12 bits per heavy atom. The second-order valence-corrected chi connectivity index (χ2v) is 13.1. The summed E-state index contributed by atoms with van der Waals surface area (Å²) in [4.78, 5) is 31.6. The standard InChI is InChI=1S/C33H46N4O3/c1-33(2,3)29-22-36(19-20-37(29)30(38)21-24-15-17-35(18-16-24)32(34)39)31(26-7-5-4-6-8-26)27-11-13-28(14-12-27)40-23-25-9-10-25/h4-8,11-14,24-25,29,31H,9-10,15-23H2,1-3H3,(H2,34,39)/t29-,31?/m1/s1. The van der Waals surface area contributed by atoms with Gasteiger partial charge in [-0.1, -0.05) is 63.2 Å². The Labute approximate surface area is 239 Å². The first-order chi connectivity index (χ1) is 19.2. The van der Waals surface area contributed by atoms with Crippen LogP contribution >= 0.6 is 0 Å². The summed E-state index contributed by atoms with van der Waals surface area (Å²) in [6, 6.07) is 19.2. The number of hydrogen-bond acceptors (Lipinski definition) is 4. The molecule has 3 fully saturated rings. The van der Waals surface area contributed by atoms with Gasteiger partial charge >= 0.3 is 6.03 Å². The van der Waals surface area contributed by atoms with Crippen LogP contribution in [-0.2, 0) is 4.79 Å². The van der Waals surface area contributed by atoms with Crippen molar-refractivity contribution in [3.63, 3.8) is 0 Å². The van der Waals surface area contributed by atoms with Crippen molar-refractivity contribution < 1.29 is 14.3 Å². The molecule has 0 bridgehead atoms. The van der Waals surface area contributed by atoms with Crippen molar-refractivity contribution in [1.29, 1.82) is 0 Å². The molecule has 40 heavy (non-hydrogen) atoms. The number of ether oxygens (including phenoxy) is 1. The van der Waals surface area contributed by atoms with E-state index in [2.05, 4.69) is 85.2 Å². The molecule has 2 atom stereocenters. The van der Waals surface area contributed by atoms with Crippen LogP contribution in [0.4, 0.5) is 4.79 Å². The van der Waals surface area contributed by atoms with Gasteiger partial charge in [0.15, 0.2) is 0 Å². The minimum absolute atomic E-state index is 0.0641. The van der Waals surface area contributed by atoms with E-state index < -0.39 is 0 Å². The normalized spacial score (nSPS) is 21.7. The summed E-state index contributed by atoms with van der Waals surface area (Å²) < 4.78 is 6.01. The summed E-state index contributed by atoms with van der Waals surface area (Å²) in [5, 5.41) is 0. The Bertz CT molecular complexity index is 1130. The third kappa shape index (κ3) is 6.98. The van der Waals surface area contributed by atoms with Crippen molar-refractivity contribution in [3.8, 4) is 5.75 Å². The molecule has 3 amide bonds. The first-order valence-electron chi connectivity index (χ1n) is 15.0. The average molecular weight is 547 g/mol. The van der Waals surface area contributed by atoms with Crippen molar-refractivity contribution in [2.24, 2.45) is 23.0 Å². The lowest BCUT2D eigenvalue weighted by molar-refractivity contribution is -0.141. The highest BCUT2D eigenvalue weighted by molar-refractivity contribution is 5.77. The first kappa shape index (κ1) is 28.5. The Morgan fingerprint density at radius 1 is 0.875 bits per heavy atom. The number of likely N-dealkylation sites (tertiary alicyclic amines) is 1. The van der Waals surface area contributed by atoms with Gasteiger partial charge in [-0.05, 0) is 66.2 Å². The smallest absolute Gasteiger partial charge is 0.314 e. The van der Waals surface area contributed by atoms with Gasteiger partial charge in [0, 0.05) is 45.2 Å². The summed E-state index contributed by atoms with van der Waals surface area (Å²) in [6.07, 6.45) is 4.79. The van der Waals surface area contributed by atoms with Crippen molar-refractivity contribution in [2.45, 2.75) is 65.0 Å². The molecule has 2 N–H and O–H groups in total. The number of carbonyl (C=O) groups excluding carboxylic acids is 2. The molecule has 7 nitrogen and oxygen atoms in total. The topological polar surface area (TPSA) is 79.1 Å². The number of piperidine rings is 1. The molecule has 1 unspecified atom stereocenters. The van der Waals surface area contributed by atoms with Crippen LogP contribution in [0.5, 0.6) is 5.75 Å². The van der Waals surface area contributed by atoms with Gasteiger partial charge in [0.25, 0.3) is 0 Å². The fraction of sp³-hybridized carbons (Fsp3) is 0.576. The van der Waals surface area contributed by atoms with Crippen LogP contribution in [0.25, 0.3) is 0 Å². The molecule has 2 aromatic carbocycles. The van der Waals surface area contributed by atoms with Crippen molar-refractivity contribution in [1.82, 2.24) is 14.7 Å². The summed E-state index contributed by atoms with van der Waals surface area (Å²) in [5.41, 5.74) is 7.90.